The monoisotopic (exact) mass is 671 g/mol. The van der Waals surface area contributed by atoms with E-state index in [1.807, 2.05) is 0 Å². The third-order valence-corrected chi connectivity index (χ3v) is 9.99. The molecule has 3 aromatic carbocycles. The number of ether oxygens (including phenoxy) is 4. The summed E-state index contributed by atoms with van der Waals surface area (Å²) in [6.45, 7) is 1.02. The van der Waals surface area contributed by atoms with E-state index in [0.717, 1.165) is 30.0 Å². The number of sulfonamides is 1. The van der Waals surface area contributed by atoms with Crippen LogP contribution in [0.4, 0.5) is 10.1 Å². The fourth-order valence-corrected chi connectivity index (χ4v) is 7.12. The van der Waals surface area contributed by atoms with Crippen molar-refractivity contribution in [3.05, 3.63) is 72.0 Å². The summed E-state index contributed by atoms with van der Waals surface area (Å²) in [5, 5.41) is 3.07. The first-order valence-corrected chi connectivity index (χ1v) is 16.8. The number of benzene rings is 3. The summed E-state index contributed by atoms with van der Waals surface area (Å²) in [4.78, 5) is 29.3. The highest BCUT2D eigenvalue weighted by Gasteiger charge is 2.36. The Morgan fingerprint density at radius 2 is 1.51 bits per heavy atom. The van der Waals surface area contributed by atoms with Gasteiger partial charge in [-0.2, -0.15) is 0 Å². The molecule has 11 nitrogen and oxygen atoms in total. The third-order valence-electron chi connectivity index (χ3n) is 8.23. The minimum atomic E-state index is -4.48. The van der Waals surface area contributed by atoms with E-state index in [4.69, 9.17) is 18.9 Å². The second-order valence-electron chi connectivity index (χ2n) is 11.1. The second kappa shape index (κ2) is 15.9. The minimum Gasteiger partial charge on any atom is -0.497 e. The van der Waals surface area contributed by atoms with Crippen molar-refractivity contribution >= 4 is 27.5 Å². The Bertz CT molecular complexity index is 1650. The van der Waals surface area contributed by atoms with Gasteiger partial charge >= 0.3 is 0 Å². The molecule has 2 amide bonds. The van der Waals surface area contributed by atoms with E-state index in [9.17, 15) is 22.4 Å². The molecule has 0 aliphatic heterocycles. The van der Waals surface area contributed by atoms with Crippen LogP contribution in [0.2, 0.25) is 0 Å². The lowest BCUT2D eigenvalue weighted by Crippen LogP contribution is -2.53. The van der Waals surface area contributed by atoms with Gasteiger partial charge in [0.1, 0.15) is 29.9 Å². The highest BCUT2D eigenvalue weighted by molar-refractivity contribution is 7.92. The van der Waals surface area contributed by atoms with Crippen molar-refractivity contribution in [1.82, 2.24) is 10.2 Å². The number of carbonyl (C=O) groups excluding carboxylic acids is 2. The summed E-state index contributed by atoms with van der Waals surface area (Å²) < 4.78 is 65.2. The maximum atomic E-state index is 14.5. The predicted octanol–water partition coefficient (Wildman–Crippen LogP) is 4.92. The number of nitrogens with one attached hydrogen (secondary N) is 1. The van der Waals surface area contributed by atoms with E-state index >= 15 is 0 Å². The van der Waals surface area contributed by atoms with Crippen LogP contribution in [0.25, 0.3) is 0 Å². The molecule has 4 rings (SSSR count). The zero-order valence-corrected chi connectivity index (χ0v) is 28.1. The Morgan fingerprint density at radius 3 is 2.11 bits per heavy atom. The number of halogens is 1. The van der Waals surface area contributed by atoms with Gasteiger partial charge in [0.05, 0.1) is 39.0 Å². The molecule has 1 aliphatic rings. The van der Waals surface area contributed by atoms with Crippen LogP contribution in [0.3, 0.4) is 0 Å². The fourth-order valence-electron chi connectivity index (χ4n) is 5.68. The number of hydrogen-bond acceptors (Lipinski definition) is 8. The van der Waals surface area contributed by atoms with Crippen molar-refractivity contribution in [3.8, 4) is 23.0 Å². The van der Waals surface area contributed by atoms with E-state index in [1.54, 1.807) is 13.0 Å². The standard InChI is InChI=1S/C34H42FN3O8S/c1-6-28(34(40)36-25-9-7-8-10-25)37(21-23-11-13-24(35)14-12-23)33(39)22-38(29-19-26(43-2)15-17-30(29)44-3)47(41,42)27-16-18-31(45-4)32(20-27)46-5/h11-20,25,28H,6-10,21-22H2,1-5H3,(H,36,40)/t28-/m0/s1. The molecule has 0 heterocycles. The van der Waals surface area contributed by atoms with Crippen LogP contribution < -0.4 is 28.6 Å². The van der Waals surface area contributed by atoms with E-state index in [0.29, 0.717) is 17.1 Å². The largest absolute Gasteiger partial charge is 0.497 e. The molecule has 13 heteroatoms. The molecule has 254 valence electrons. The Kier molecular flexibility index (Phi) is 11.9. The van der Waals surface area contributed by atoms with Gasteiger partial charge in [-0.3, -0.25) is 13.9 Å². The zero-order chi connectivity index (χ0) is 34.1. The van der Waals surface area contributed by atoms with Gasteiger partial charge in [-0.1, -0.05) is 31.9 Å². The van der Waals surface area contributed by atoms with Crippen molar-refractivity contribution in [2.45, 2.75) is 62.6 Å². The van der Waals surface area contributed by atoms with Crippen LogP contribution in [0, 0.1) is 5.82 Å². The molecule has 0 aromatic heterocycles. The highest BCUT2D eigenvalue weighted by atomic mass is 32.2. The van der Waals surface area contributed by atoms with Gasteiger partial charge < -0.3 is 29.2 Å². The smallest absolute Gasteiger partial charge is 0.265 e. The summed E-state index contributed by atoms with van der Waals surface area (Å²) >= 11 is 0. The molecular weight excluding hydrogens is 629 g/mol. The number of hydrogen-bond donors (Lipinski definition) is 1. The first kappa shape index (κ1) is 35.3. The molecule has 0 bridgehead atoms. The Balaban J connectivity index is 1.81. The summed E-state index contributed by atoms with van der Waals surface area (Å²) in [6.07, 6.45) is 3.97. The van der Waals surface area contributed by atoms with Crippen LogP contribution in [0.5, 0.6) is 23.0 Å². The lowest BCUT2D eigenvalue weighted by molar-refractivity contribution is -0.140. The van der Waals surface area contributed by atoms with Crippen molar-refractivity contribution < 1.29 is 41.3 Å². The number of nitrogens with zero attached hydrogens (tertiary/aromatic N) is 2. The molecule has 3 aromatic rings. The number of methoxy groups -OCH3 is 4. The average Bonchev–Trinajstić information content (AvgIpc) is 3.60. The minimum absolute atomic E-state index is 0.00213. The summed E-state index contributed by atoms with van der Waals surface area (Å²) in [7, 11) is 1.15. The van der Waals surface area contributed by atoms with Crippen molar-refractivity contribution in [1.29, 1.82) is 0 Å². The number of rotatable bonds is 15. The first-order chi connectivity index (χ1) is 22.6. The number of carbonyl (C=O) groups is 2. The van der Waals surface area contributed by atoms with Crippen molar-refractivity contribution in [3.63, 3.8) is 0 Å². The molecule has 0 unspecified atom stereocenters. The molecule has 1 fully saturated rings. The maximum absolute atomic E-state index is 14.5. The van der Waals surface area contributed by atoms with Crippen LogP contribution in [0.15, 0.2) is 65.6 Å². The van der Waals surface area contributed by atoms with Gasteiger partial charge in [-0.15, -0.1) is 0 Å². The van der Waals surface area contributed by atoms with Gasteiger partial charge in [0.2, 0.25) is 11.8 Å². The lowest BCUT2D eigenvalue weighted by Gasteiger charge is -2.34. The normalized spacial score (nSPS) is 13.8. The summed E-state index contributed by atoms with van der Waals surface area (Å²) in [6, 6.07) is 13.4. The third kappa shape index (κ3) is 8.26. The summed E-state index contributed by atoms with van der Waals surface area (Å²) in [5.41, 5.74) is 0.611. The predicted molar refractivity (Wildman–Crippen MR) is 175 cm³/mol. The van der Waals surface area contributed by atoms with E-state index in [1.165, 1.54) is 87.9 Å². The van der Waals surface area contributed by atoms with E-state index < -0.39 is 34.3 Å². The molecule has 1 aliphatic carbocycles. The van der Waals surface area contributed by atoms with Gasteiger partial charge in [0, 0.05) is 24.7 Å². The average molecular weight is 672 g/mol. The Morgan fingerprint density at radius 1 is 0.872 bits per heavy atom. The van der Waals surface area contributed by atoms with Gasteiger partial charge in [0.25, 0.3) is 10.0 Å². The van der Waals surface area contributed by atoms with Gasteiger partial charge in [0.15, 0.2) is 11.5 Å². The quantitative estimate of drug-likeness (QED) is 0.242. The molecular formula is C34H42FN3O8S. The molecule has 0 radical (unpaired) electrons. The zero-order valence-electron chi connectivity index (χ0n) is 27.3. The Labute approximate surface area is 275 Å². The topological polar surface area (TPSA) is 124 Å². The molecule has 1 saturated carbocycles. The Hall–Kier alpha value is -4.52. The number of anilines is 1. The maximum Gasteiger partial charge on any atom is 0.265 e. The van der Waals surface area contributed by atoms with Crippen LogP contribution in [-0.2, 0) is 26.2 Å². The van der Waals surface area contributed by atoms with Crippen LogP contribution >= 0.6 is 0 Å². The van der Waals surface area contributed by atoms with E-state index in [-0.39, 0.29) is 47.0 Å². The highest BCUT2D eigenvalue weighted by Crippen LogP contribution is 2.38. The molecule has 0 spiro atoms. The lowest BCUT2D eigenvalue weighted by atomic mass is 10.1. The van der Waals surface area contributed by atoms with Crippen molar-refractivity contribution in [2.75, 3.05) is 39.3 Å². The van der Waals surface area contributed by atoms with Crippen LogP contribution in [0.1, 0.15) is 44.6 Å². The molecule has 1 N–H and O–H groups in total. The van der Waals surface area contributed by atoms with Crippen molar-refractivity contribution in [2.24, 2.45) is 0 Å². The fraction of sp³-hybridized carbons (Fsp3) is 0.412. The first-order valence-electron chi connectivity index (χ1n) is 15.4. The second-order valence-corrected chi connectivity index (χ2v) is 13.0. The van der Waals surface area contributed by atoms with Gasteiger partial charge in [-0.05, 0) is 61.2 Å². The number of amides is 2. The summed E-state index contributed by atoms with van der Waals surface area (Å²) in [5.74, 6) is -0.456. The van der Waals surface area contributed by atoms with Crippen LogP contribution in [-0.4, -0.2) is 72.2 Å². The SMILES string of the molecule is CC[C@@H](C(=O)NC1CCCC1)N(Cc1ccc(F)cc1)C(=O)CN(c1cc(OC)ccc1OC)S(=O)(=O)c1ccc(OC)c(OC)c1. The molecule has 0 saturated heterocycles. The molecule has 47 heavy (non-hydrogen) atoms. The van der Waals surface area contributed by atoms with E-state index in [2.05, 4.69) is 5.32 Å². The van der Waals surface area contributed by atoms with Gasteiger partial charge in [-0.25, -0.2) is 12.8 Å². The molecule has 1 atom stereocenters.